The molecule has 0 unspecified atom stereocenters. The number of hydrogen-bond donors (Lipinski definition) is 1. The maximum Gasteiger partial charge on any atom is 0.311 e. The predicted molar refractivity (Wildman–Crippen MR) is 94.7 cm³/mol. The van der Waals surface area contributed by atoms with Crippen molar-refractivity contribution in [3.63, 3.8) is 0 Å². The van der Waals surface area contributed by atoms with Crippen LogP contribution >= 0.6 is 12.2 Å². The summed E-state index contributed by atoms with van der Waals surface area (Å²) in [6, 6.07) is 3.09. The van der Waals surface area contributed by atoms with Gasteiger partial charge in [-0.2, -0.15) is 0 Å². The summed E-state index contributed by atoms with van der Waals surface area (Å²) in [7, 11) is 0. The van der Waals surface area contributed by atoms with E-state index in [1.165, 1.54) is 6.07 Å². The molecule has 1 aliphatic heterocycles. The number of anilines is 1. The fourth-order valence-corrected chi connectivity index (χ4v) is 2.78. The van der Waals surface area contributed by atoms with Gasteiger partial charge in [0.25, 0.3) is 0 Å². The zero-order chi connectivity index (χ0) is 16.8. The van der Waals surface area contributed by atoms with Gasteiger partial charge in [-0.15, -0.1) is 0 Å². The minimum atomic E-state index is -0.375. The highest BCUT2D eigenvalue weighted by atomic mass is 32.1. The molecule has 0 radical (unpaired) electrons. The third-order valence-corrected chi connectivity index (χ3v) is 4.11. The summed E-state index contributed by atoms with van der Waals surface area (Å²) >= 11 is 5.45. The summed E-state index contributed by atoms with van der Waals surface area (Å²) < 4.78 is 0. The molecule has 2 heterocycles. The highest BCUT2D eigenvalue weighted by Gasteiger charge is 2.23. The largest absolute Gasteiger partial charge is 0.362 e. The fourth-order valence-electron chi connectivity index (χ4n) is 2.51. The molecule has 2 rings (SSSR count). The molecule has 0 spiro atoms. The normalized spacial score (nSPS) is 15.4. The van der Waals surface area contributed by atoms with Crippen LogP contribution in [-0.4, -0.2) is 52.6 Å². The second kappa shape index (κ2) is 8.05. The van der Waals surface area contributed by atoms with Gasteiger partial charge in [-0.25, -0.2) is 4.98 Å². The molecule has 0 saturated carbocycles. The topological polar surface area (TPSA) is 74.5 Å². The van der Waals surface area contributed by atoms with E-state index in [9.17, 15) is 10.1 Å². The Hall–Kier alpha value is -1.96. The number of aromatic nitrogens is 1. The van der Waals surface area contributed by atoms with Crippen molar-refractivity contribution in [2.45, 2.75) is 20.3 Å². The summed E-state index contributed by atoms with van der Waals surface area (Å²) in [5.74, 6) is 0.980. The maximum atomic E-state index is 11.2. The van der Waals surface area contributed by atoms with Crippen molar-refractivity contribution in [1.29, 1.82) is 0 Å². The van der Waals surface area contributed by atoms with Crippen LogP contribution in [0.3, 0.4) is 0 Å². The van der Waals surface area contributed by atoms with Crippen LogP contribution in [-0.2, 0) is 0 Å². The van der Waals surface area contributed by atoms with Crippen LogP contribution < -0.4 is 10.2 Å². The molecule has 0 bridgehead atoms. The van der Waals surface area contributed by atoms with Crippen molar-refractivity contribution < 1.29 is 4.92 Å². The molecule has 1 aliphatic rings. The average molecular weight is 337 g/mol. The first kappa shape index (κ1) is 17.4. The second-order valence-corrected chi connectivity index (χ2v) is 6.40. The molecule has 1 fully saturated rings. The van der Waals surface area contributed by atoms with E-state index in [4.69, 9.17) is 12.2 Å². The number of pyridine rings is 1. The summed E-state index contributed by atoms with van der Waals surface area (Å²) in [6.45, 7) is 8.12. The molecule has 0 aromatic carbocycles. The van der Waals surface area contributed by atoms with E-state index in [0.29, 0.717) is 18.3 Å². The summed E-state index contributed by atoms with van der Waals surface area (Å²) in [6.07, 6.45) is 2.48. The Kier molecular flexibility index (Phi) is 6.09. The van der Waals surface area contributed by atoms with Gasteiger partial charge in [0, 0.05) is 45.0 Å². The lowest BCUT2D eigenvalue weighted by atomic mass is 10.2. The zero-order valence-corrected chi connectivity index (χ0v) is 14.4. The van der Waals surface area contributed by atoms with Gasteiger partial charge in [-0.1, -0.05) is 13.8 Å². The number of hydrogen-bond acceptors (Lipinski definition) is 5. The lowest BCUT2D eigenvalue weighted by molar-refractivity contribution is -0.384. The highest BCUT2D eigenvalue weighted by molar-refractivity contribution is 7.80. The number of nitrogens with one attached hydrogen (secondary N) is 1. The van der Waals surface area contributed by atoms with Gasteiger partial charge in [-0.05, 0) is 30.6 Å². The molecule has 0 amide bonds. The third kappa shape index (κ3) is 4.75. The number of thiocarbonyl (C=S) groups is 1. The Morgan fingerprint density at radius 3 is 2.91 bits per heavy atom. The third-order valence-electron chi connectivity index (χ3n) is 3.71. The van der Waals surface area contributed by atoms with Crippen molar-refractivity contribution in [2.75, 3.05) is 37.6 Å². The predicted octanol–water partition coefficient (Wildman–Crippen LogP) is 2.03. The monoisotopic (exact) mass is 337 g/mol. The van der Waals surface area contributed by atoms with E-state index in [0.717, 1.165) is 37.7 Å². The SMILES string of the molecule is CC(C)CNC(=S)N1CCCN(c2ncccc2[N+](=O)[O-])CC1. The number of nitrogens with zero attached hydrogens (tertiary/aromatic N) is 4. The van der Waals surface area contributed by atoms with Gasteiger partial charge >= 0.3 is 5.69 Å². The van der Waals surface area contributed by atoms with Gasteiger partial charge in [0.1, 0.15) is 0 Å². The van der Waals surface area contributed by atoms with E-state index in [1.807, 2.05) is 4.90 Å². The van der Waals surface area contributed by atoms with E-state index in [1.54, 1.807) is 12.3 Å². The van der Waals surface area contributed by atoms with Gasteiger partial charge < -0.3 is 15.1 Å². The molecule has 1 aromatic heterocycles. The Bertz CT molecular complexity index is 567. The first-order valence-electron chi connectivity index (χ1n) is 7.86. The second-order valence-electron chi connectivity index (χ2n) is 6.01. The van der Waals surface area contributed by atoms with Gasteiger partial charge in [-0.3, -0.25) is 10.1 Å². The first-order valence-corrected chi connectivity index (χ1v) is 8.27. The van der Waals surface area contributed by atoms with E-state index in [2.05, 4.69) is 29.0 Å². The molecule has 8 heteroatoms. The summed E-state index contributed by atoms with van der Waals surface area (Å²) in [4.78, 5) is 19.1. The smallest absolute Gasteiger partial charge is 0.311 e. The minimum absolute atomic E-state index is 0.0569. The van der Waals surface area contributed by atoms with Gasteiger partial charge in [0.2, 0.25) is 5.82 Å². The van der Waals surface area contributed by atoms with Crippen LogP contribution in [0.2, 0.25) is 0 Å². The summed E-state index contributed by atoms with van der Waals surface area (Å²) in [5, 5.41) is 15.2. The molecular weight excluding hydrogens is 314 g/mol. The quantitative estimate of drug-likeness (QED) is 0.512. The van der Waals surface area contributed by atoms with Crippen molar-refractivity contribution in [2.24, 2.45) is 5.92 Å². The lowest BCUT2D eigenvalue weighted by Gasteiger charge is -2.25. The molecule has 7 nitrogen and oxygen atoms in total. The molecule has 23 heavy (non-hydrogen) atoms. The lowest BCUT2D eigenvalue weighted by Crippen LogP contribution is -2.43. The molecule has 1 N–H and O–H groups in total. The molecule has 126 valence electrons. The fraction of sp³-hybridized carbons (Fsp3) is 0.600. The standard InChI is InChI=1S/C15H23N5O2S/c1-12(2)11-17-15(23)19-8-4-7-18(9-10-19)14-13(20(21)22)5-3-6-16-14/h3,5-6,12H,4,7-11H2,1-2H3,(H,17,23). The molecule has 1 saturated heterocycles. The summed E-state index contributed by atoms with van der Waals surface area (Å²) in [5.41, 5.74) is 0.0569. The molecular formula is C15H23N5O2S. The van der Waals surface area contributed by atoms with E-state index >= 15 is 0 Å². The zero-order valence-electron chi connectivity index (χ0n) is 13.6. The van der Waals surface area contributed by atoms with E-state index in [-0.39, 0.29) is 10.6 Å². The Balaban J connectivity index is 2.01. The van der Waals surface area contributed by atoms with Gasteiger partial charge in [0.15, 0.2) is 5.11 Å². The highest BCUT2D eigenvalue weighted by Crippen LogP contribution is 2.25. The van der Waals surface area contributed by atoms with Crippen LogP contribution in [0.15, 0.2) is 18.3 Å². The molecule has 0 atom stereocenters. The van der Waals surface area contributed by atoms with Crippen LogP contribution in [0, 0.1) is 16.0 Å². The maximum absolute atomic E-state index is 11.2. The average Bonchev–Trinajstić information content (AvgIpc) is 2.78. The molecule has 0 aliphatic carbocycles. The van der Waals surface area contributed by atoms with Crippen molar-refractivity contribution in [3.05, 3.63) is 28.4 Å². The molecule has 1 aromatic rings. The van der Waals surface area contributed by atoms with Crippen molar-refractivity contribution in [1.82, 2.24) is 15.2 Å². The minimum Gasteiger partial charge on any atom is -0.362 e. The van der Waals surface area contributed by atoms with E-state index < -0.39 is 0 Å². The number of nitro groups is 1. The Morgan fingerprint density at radius 1 is 1.43 bits per heavy atom. The first-order chi connectivity index (χ1) is 11.0. The Labute approximate surface area is 141 Å². The van der Waals surface area contributed by atoms with Crippen LogP contribution in [0.25, 0.3) is 0 Å². The van der Waals surface area contributed by atoms with Crippen LogP contribution in [0.1, 0.15) is 20.3 Å². The Morgan fingerprint density at radius 2 is 2.22 bits per heavy atom. The van der Waals surface area contributed by atoms with Crippen molar-refractivity contribution in [3.8, 4) is 0 Å². The van der Waals surface area contributed by atoms with Crippen LogP contribution in [0.5, 0.6) is 0 Å². The number of rotatable bonds is 4. The van der Waals surface area contributed by atoms with Crippen molar-refractivity contribution >= 4 is 28.8 Å². The van der Waals surface area contributed by atoms with Crippen LogP contribution in [0.4, 0.5) is 11.5 Å². The van der Waals surface area contributed by atoms with Gasteiger partial charge in [0.05, 0.1) is 4.92 Å².